The monoisotopic (exact) mass is 359 g/mol. The second-order valence-electron chi connectivity index (χ2n) is 7.23. The molecule has 0 spiro atoms. The lowest BCUT2D eigenvalue weighted by Gasteiger charge is -2.32. The molecule has 4 rings (SSSR count). The van der Waals surface area contributed by atoms with Gasteiger partial charge in [0.05, 0.1) is 31.3 Å². The number of nitrogens with zero attached hydrogens (tertiary/aromatic N) is 3. The summed E-state index contributed by atoms with van der Waals surface area (Å²) in [6.45, 7) is 5.17. The Morgan fingerprint density at radius 2 is 2.15 bits per heavy atom. The van der Waals surface area contributed by atoms with Crippen LogP contribution in [0.1, 0.15) is 5.69 Å². The number of aliphatic carboxylic acids is 1. The maximum atomic E-state index is 13.9. The number of hydrogen-bond acceptors (Lipinski definition) is 5. The first kappa shape index (κ1) is 17.2. The van der Waals surface area contributed by atoms with Gasteiger partial charge in [-0.1, -0.05) is 0 Å². The lowest BCUT2D eigenvalue weighted by Crippen LogP contribution is -2.45. The molecule has 138 valence electrons. The second kappa shape index (κ2) is 6.81. The van der Waals surface area contributed by atoms with Crippen LogP contribution in [0.2, 0.25) is 0 Å². The van der Waals surface area contributed by atoms with Gasteiger partial charge in [-0.05, 0) is 31.2 Å². The molecule has 0 aliphatic carbocycles. The quantitative estimate of drug-likeness (QED) is 0.903. The molecular formula is C19H22FN3O3. The predicted octanol–water partition coefficient (Wildman–Crippen LogP) is 1.90. The summed E-state index contributed by atoms with van der Waals surface area (Å²) in [5, 5.41) is 10.0. The zero-order valence-corrected chi connectivity index (χ0v) is 14.7. The molecule has 26 heavy (non-hydrogen) atoms. The summed E-state index contributed by atoms with van der Waals surface area (Å²) < 4.78 is 19.6. The summed E-state index contributed by atoms with van der Waals surface area (Å²) in [5.74, 6) is -0.898. The molecule has 2 bridgehead atoms. The van der Waals surface area contributed by atoms with Crippen molar-refractivity contribution in [1.82, 2.24) is 9.88 Å². The lowest BCUT2D eigenvalue weighted by molar-refractivity contribution is -0.138. The Morgan fingerprint density at radius 1 is 1.31 bits per heavy atom. The van der Waals surface area contributed by atoms with Crippen molar-refractivity contribution in [2.45, 2.75) is 13.0 Å². The third kappa shape index (κ3) is 3.37. The van der Waals surface area contributed by atoms with Crippen LogP contribution in [0.25, 0.3) is 10.9 Å². The first-order valence-electron chi connectivity index (χ1n) is 8.85. The Kier molecular flexibility index (Phi) is 4.50. The van der Waals surface area contributed by atoms with Gasteiger partial charge in [-0.25, -0.2) is 4.39 Å². The standard InChI is InChI=1S/C19H22FN3O3/c1-12-4-18(16-5-14(20)2-3-17(16)21-12)23-7-13-6-22(9-19(24)25)15(8-23)11-26-10-13/h2-5,13,15H,6-11H2,1H3,(H,24,25)/t13-,15+/m1/s1. The summed E-state index contributed by atoms with van der Waals surface area (Å²) in [4.78, 5) is 20.0. The fourth-order valence-electron chi connectivity index (χ4n) is 4.06. The highest BCUT2D eigenvalue weighted by Gasteiger charge is 2.34. The number of pyridine rings is 1. The van der Waals surface area contributed by atoms with Crippen LogP contribution in [0.15, 0.2) is 24.3 Å². The number of carboxylic acids is 1. The molecule has 2 aromatic rings. The maximum Gasteiger partial charge on any atom is 0.317 e. The largest absolute Gasteiger partial charge is 0.480 e. The molecule has 1 aromatic heterocycles. The fraction of sp³-hybridized carbons (Fsp3) is 0.474. The highest BCUT2D eigenvalue weighted by molar-refractivity contribution is 5.92. The number of halogens is 1. The van der Waals surface area contributed by atoms with E-state index in [1.165, 1.54) is 12.1 Å². The van der Waals surface area contributed by atoms with Crippen LogP contribution in [0.3, 0.4) is 0 Å². The van der Waals surface area contributed by atoms with E-state index in [0.717, 1.165) is 28.8 Å². The zero-order chi connectivity index (χ0) is 18.3. The molecule has 2 atom stereocenters. The van der Waals surface area contributed by atoms with Gasteiger partial charge in [0, 0.05) is 42.3 Å². The van der Waals surface area contributed by atoms with Crippen molar-refractivity contribution in [2.24, 2.45) is 5.92 Å². The fourth-order valence-corrected chi connectivity index (χ4v) is 4.06. The molecule has 1 N–H and O–H groups in total. The van der Waals surface area contributed by atoms with Crippen molar-refractivity contribution < 1.29 is 19.0 Å². The summed E-state index contributed by atoms with van der Waals surface area (Å²) in [6.07, 6.45) is 0. The summed E-state index contributed by atoms with van der Waals surface area (Å²) in [7, 11) is 0. The van der Waals surface area contributed by atoms with Crippen molar-refractivity contribution in [3.05, 3.63) is 35.8 Å². The molecule has 2 aliphatic heterocycles. The smallest absolute Gasteiger partial charge is 0.317 e. The van der Waals surface area contributed by atoms with Crippen molar-refractivity contribution in [3.63, 3.8) is 0 Å². The van der Waals surface area contributed by atoms with E-state index >= 15 is 0 Å². The third-order valence-corrected chi connectivity index (χ3v) is 5.14. The third-order valence-electron chi connectivity index (χ3n) is 5.14. The first-order valence-corrected chi connectivity index (χ1v) is 8.85. The Hall–Kier alpha value is -2.25. The molecule has 0 saturated carbocycles. The minimum absolute atomic E-state index is 0.00400. The normalized spacial score (nSPS) is 23.8. The number of fused-ring (bicyclic) bond motifs is 4. The van der Waals surface area contributed by atoms with Crippen LogP contribution in [0, 0.1) is 18.7 Å². The van der Waals surface area contributed by atoms with Gasteiger partial charge in [-0.3, -0.25) is 14.7 Å². The number of ether oxygens (including phenoxy) is 1. The van der Waals surface area contributed by atoms with Gasteiger partial charge >= 0.3 is 5.97 Å². The van der Waals surface area contributed by atoms with E-state index in [0.29, 0.717) is 26.3 Å². The topological polar surface area (TPSA) is 65.9 Å². The van der Waals surface area contributed by atoms with Gasteiger partial charge in [0.2, 0.25) is 0 Å². The van der Waals surface area contributed by atoms with Crippen molar-refractivity contribution in [3.8, 4) is 0 Å². The molecule has 0 amide bonds. The minimum Gasteiger partial charge on any atom is -0.480 e. The molecular weight excluding hydrogens is 337 g/mol. The van der Waals surface area contributed by atoms with Crippen LogP contribution in [0.4, 0.5) is 10.1 Å². The van der Waals surface area contributed by atoms with E-state index < -0.39 is 5.97 Å². The number of anilines is 1. The van der Waals surface area contributed by atoms with Gasteiger partial charge in [0.25, 0.3) is 0 Å². The lowest BCUT2D eigenvalue weighted by atomic mass is 10.1. The molecule has 2 aliphatic rings. The minimum atomic E-state index is -0.823. The second-order valence-corrected chi connectivity index (χ2v) is 7.23. The molecule has 3 heterocycles. The number of carbonyl (C=O) groups is 1. The van der Waals surface area contributed by atoms with Crippen LogP contribution in [0.5, 0.6) is 0 Å². The average molecular weight is 359 g/mol. The molecule has 0 unspecified atom stereocenters. The first-order chi connectivity index (χ1) is 12.5. The van der Waals surface area contributed by atoms with E-state index in [4.69, 9.17) is 4.74 Å². The van der Waals surface area contributed by atoms with E-state index in [9.17, 15) is 14.3 Å². The Balaban J connectivity index is 1.73. The van der Waals surface area contributed by atoms with E-state index in [1.807, 2.05) is 17.9 Å². The van der Waals surface area contributed by atoms with Crippen LogP contribution >= 0.6 is 0 Å². The summed E-state index contributed by atoms with van der Waals surface area (Å²) in [5.41, 5.74) is 2.61. The van der Waals surface area contributed by atoms with E-state index in [2.05, 4.69) is 9.88 Å². The van der Waals surface area contributed by atoms with E-state index in [1.54, 1.807) is 6.07 Å². The molecule has 6 nitrogen and oxygen atoms in total. The summed E-state index contributed by atoms with van der Waals surface area (Å²) in [6, 6.07) is 6.66. The number of benzene rings is 1. The average Bonchev–Trinajstić information content (AvgIpc) is 2.83. The Labute approximate surface area is 151 Å². The van der Waals surface area contributed by atoms with Crippen LogP contribution in [-0.4, -0.2) is 66.4 Å². The van der Waals surface area contributed by atoms with Gasteiger partial charge in [-0.15, -0.1) is 0 Å². The van der Waals surface area contributed by atoms with E-state index in [-0.39, 0.29) is 24.3 Å². The van der Waals surface area contributed by atoms with Crippen LogP contribution < -0.4 is 4.90 Å². The van der Waals surface area contributed by atoms with Crippen molar-refractivity contribution in [1.29, 1.82) is 0 Å². The highest BCUT2D eigenvalue weighted by Crippen LogP contribution is 2.31. The number of hydrogen-bond donors (Lipinski definition) is 1. The van der Waals surface area contributed by atoms with Gasteiger partial charge < -0.3 is 14.7 Å². The predicted molar refractivity (Wildman–Crippen MR) is 96.0 cm³/mol. The zero-order valence-electron chi connectivity index (χ0n) is 14.7. The SMILES string of the molecule is Cc1cc(N2C[C@@H]3COC[C@H](C2)N(CC(=O)O)C3)c2cc(F)ccc2n1. The summed E-state index contributed by atoms with van der Waals surface area (Å²) >= 11 is 0. The number of aryl methyl sites for hydroxylation is 1. The molecule has 7 heteroatoms. The van der Waals surface area contributed by atoms with Gasteiger partial charge in [-0.2, -0.15) is 0 Å². The Morgan fingerprint density at radius 3 is 2.96 bits per heavy atom. The number of rotatable bonds is 3. The van der Waals surface area contributed by atoms with Crippen molar-refractivity contribution in [2.75, 3.05) is 44.3 Å². The van der Waals surface area contributed by atoms with Crippen LogP contribution in [-0.2, 0) is 9.53 Å². The highest BCUT2D eigenvalue weighted by atomic mass is 19.1. The van der Waals surface area contributed by atoms with Gasteiger partial charge in [0.1, 0.15) is 5.82 Å². The number of carboxylic acid groups (broad SMARTS) is 1. The molecule has 2 saturated heterocycles. The molecule has 2 fully saturated rings. The van der Waals surface area contributed by atoms with Crippen molar-refractivity contribution >= 4 is 22.6 Å². The molecule has 0 radical (unpaired) electrons. The number of aromatic nitrogens is 1. The Bertz CT molecular complexity index is 844. The maximum absolute atomic E-state index is 13.9. The van der Waals surface area contributed by atoms with Gasteiger partial charge in [0.15, 0.2) is 0 Å². The molecule has 1 aromatic carbocycles.